The molecule has 0 aliphatic carbocycles. The smallest absolute Gasteiger partial charge is 0.253 e. The number of nitrogens with two attached hydrogens (primary N) is 1. The van der Waals surface area contributed by atoms with E-state index in [1.54, 1.807) is 36.3 Å². The van der Waals surface area contributed by atoms with Gasteiger partial charge in [-0.05, 0) is 12.1 Å². The number of nitrogen functional groups attached to an aromatic ring is 1. The summed E-state index contributed by atoms with van der Waals surface area (Å²) in [4.78, 5) is 16.1. The Morgan fingerprint density at radius 3 is 2.89 bits per heavy atom. The molecule has 2 rings (SSSR count). The SMILES string of the molecule is Cn1cnc(CCNC(=O)c2ccccc2NN)n1. The van der Waals surface area contributed by atoms with Crippen molar-refractivity contribution >= 4 is 11.6 Å². The second-order valence-electron chi connectivity index (χ2n) is 4.03. The van der Waals surface area contributed by atoms with Crippen molar-refractivity contribution in [1.29, 1.82) is 0 Å². The number of nitrogens with zero attached hydrogens (tertiary/aromatic N) is 3. The largest absolute Gasteiger partial charge is 0.352 e. The Morgan fingerprint density at radius 1 is 1.42 bits per heavy atom. The molecule has 7 nitrogen and oxygen atoms in total. The van der Waals surface area contributed by atoms with Gasteiger partial charge >= 0.3 is 0 Å². The Kier molecular flexibility index (Phi) is 4.09. The van der Waals surface area contributed by atoms with Crippen LogP contribution in [0, 0.1) is 0 Å². The molecule has 1 heterocycles. The number of aryl methyl sites for hydroxylation is 1. The van der Waals surface area contributed by atoms with Gasteiger partial charge in [-0.25, -0.2) is 4.98 Å². The molecule has 0 atom stereocenters. The molecule has 1 aromatic carbocycles. The maximum Gasteiger partial charge on any atom is 0.253 e. The summed E-state index contributed by atoms with van der Waals surface area (Å²) < 4.78 is 1.63. The predicted octanol–water partition coefficient (Wildman–Crippen LogP) is 0.0732. The normalized spacial score (nSPS) is 10.2. The maximum absolute atomic E-state index is 12.0. The van der Waals surface area contributed by atoms with E-state index in [4.69, 9.17) is 5.84 Å². The van der Waals surface area contributed by atoms with Crippen molar-refractivity contribution in [3.63, 3.8) is 0 Å². The highest BCUT2D eigenvalue weighted by Gasteiger charge is 2.09. The van der Waals surface area contributed by atoms with Gasteiger partial charge in [0, 0.05) is 20.0 Å². The van der Waals surface area contributed by atoms with E-state index in [2.05, 4.69) is 20.8 Å². The van der Waals surface area contributed by atoms with Crippen LogP contribution in [0.3, 0.4) is 0 Å². The van der Waals surface area contributed by atoms with E-state index in [1.807, 2.05) is 6.07 Å². The highest BCUT2D eigenvalue weighted by atomic mass is 16.1. The van der Waals surface area contributed by atoms with E-state index in [1.165, 1.54) is 0 Å². The van der Waals surface area contributed by atoms with E-state index in [9.17, 15) is 4.79 Å². The maximum atomic E-state index is 12.0. The summed E-state index contributed by atoms with van der Waals surface area (Å²) in [6.45, 7) is 0.474. The first-order valence-electron chi connectivity index (χ1n) is 5.89. The molecule has 0 unspecified atom stereocenters. The van der Waals surface area contributed by atoms with Gasteiger partial charge in [-0.2, -0.15) is 5.10 Å². The Bertz CT molecular complexity index is 565. The lowest BCUT2D eigenvalue weighted by molar-refractivity contribution is 0.0955. The summed E-state index contributed by atoms with van der Waals surface area (Å²) >= 11 is 0. The first-order chi connectivity index (χ1) is 9.20. The fourth-order valence-corrected chi connectivity index (χ4v) is 1.69. The van der Waals surface area contributed by atoms with Gasteiger partial charge in [-0.1, -0.05) is 12.1 Å². The molecule has 0 fully saturated rings. The number of anilines is 1. The molecule has 4 N–H and O–H groups in total. The molecule has 0 bridgehead atoms. The van der Waals surface area contributed by atoms with Gasteiger partial charge in [-0.15, -0.1) is 0 Å². The monoisotopic (exact) mass is 260 g/mol. The summed E-state index contributed by atoms with van der Waals surface area (Å²) in [5.74, 6) is 5.88. The summed E-state index contributed by atoms with van der Waals surface area (Å²) in [6, 6.07) is 7.05. The molecule has 0 spiro atoms. The number of rotatable bonds is 5. The number of hydrogen-bond acceptors (Lipinski definition) is 5. The van der Waals surface area contributed by atoms with Crippen molar-refractivity contribution in [1.82, 2.24) is 20.1 Å². The zero-order valence-electron chi connectivity index (χ0n) is 10.6. The average Bonchev–Trinajstić information content (AvgIpc) is 2.84. The van der Waals surface area contributed by atoms with Crippen LogP contribution in [0.5, 0.6) is 0 Å². The third kappa shape index (κ3) is 3.29. The molecule has 7 heteroatoms. The molecule has 1 amide bonds. The highest BCUT2D eigenvalue weighted by molar-refractivity contribution is 5.99. The van der Waals surface area contributed by atoms with Gasteiger partial charge in [0.25, 0.3) is 5.91 Å². The molecule has 0 aliphatic heterocycles. The molecule has 2 aromatic rings. The Labute approximate surface area is 110 Å². The highest BCUT2D eigenvalue weighted by Crippen LogP contribution is 2.12. The summed E-state index contributed by atoms with van der Waals surface area (Å²) in [6.07, 6.45) is 2.22. The van der Waals surface area contributed by atoms with Gasteiger partial charge < -0.3 is 10.7 Å². The van der Waals surface area contributed by atoms with Crippen LogP contribution in [0.2, 0.25) is 0 Å². The number of carbonyl (C=O) groups excluding carboxylic acids is 1. The molecular weight excluding hydrogens is 244 g/mol. The van der Waals surface area contributed by atoms with E-state index >= 15 is 0 Å². The molecule has 0 saturated heterocycles. The van der Waals surface area contributed by atoms with E-state index < -0.39 is 0 Å². The van der Waals surface area contributed by atoms with Gasteiger partial charge in [0.05, 0.1) is 11.3 Å². The number of aromatic nitrogens is 3. The van der Waals surface area contributed by atoms with Crippen LogP contribution >= 0.6 is 0 Å². The summed E-state index contributed by atoms with van der Waals surface area (Å²) in [5.41, 5.74) is 3.61. The van der Waals surface area contributed by atoms with Crippen LogP contribution in [0.4, 0.5) is 5.69 Å². The predicted molar refractivity (Wildman–Crippen MR) is 71.3 cm³/mol. The second-order valence-corrected chi connectivity index (χ2v) is 4.03. The fourth-order valence-electron chi connectivity index (χ4n) is 1.69. The Morgan fingerprint density at radius 2 is 2.21 bits per heavy atom. The number of nitrogens with one attached hydrogen (secondary N) is 2. The van der Waals surface area contributed by atoms with Crippen molar-refractivity contribution in [2.75, 3.05) is 12.0 Å². The minimum absolute atomic E-state index is 0.176. The quantitative estimate of drug-likeness (QED) is 0.522. The van der Waals surface area contributed by atoms with Crippen LogP contribution in [0.15, 0.2) is 30.6 Å². The van der Waals surface area contributed by atoms with Crippen molar-refractivity contribution in [3.8, 4) is 0 Å². The second kappa shape index (κ2) is 5.96. The number of carbonyl (C=O) groups is 1. The van der Waals surface area contributed by atoms with E-state index in [0.29, 0.717) is 30.0 Å². The lowest BCUT2D eigenvalue weighted by Gasteiger charge is -2.08. The first-order valence-corrected chi connectivity index (χ1v) is 5.89. The zero-order valence-corrected chi connectivity index (χ0v) is 10.6. The summed E-state index contributed by atoms with van der Waals surface area (Å²) in [7, 11) is 1.80. The molecule has 0 saturated carbocycles. The van der Waals surface area contributed by atoms with Crippen LogP contribution < -0.4 is 16.6 Å². The van der Waals surface area contributed by atoms with Gasteiger partial charge in [0.2, 0.25) is 0 Å². The van der Waals surface area contributed by atoms with Crippen LogP contribution in [0.25, 0.3) is 0 Å². The third-order valence-corrected chi connectivity index (χ3v) is 2.61. The van der Waals surface area contributed by atoms with Crippen LogP contribution in [0.1, 0.15) is 16.2 Å². The first kappa shape index (κ1) is 13.0. The lowest BCUT2D eigenvalue weighted by Crippen LogP contribution is -2.27. The number of benzene rings is 1. The summed E-state index contributed by atoms with van der Waals surface area (Å²) in [5, 5.41) is 6.94. The van der Waals surface area contributed by atoms with E-state index in [0.717, 1.165) is 0 Å². The molecule has 100 valence electrons. The molecule has 0 radical (unpaired) electrons. The van der Waals surface area contributed by atoms with Crippen LogP contribution in [-0.4, -0.2) is 27.2 Å². The minimum Gasteiger partial charge on any atom is -0.352 e. The lowest BCUT2D eigenvalue weighted by atomic mass is 10.1. The Hall–Kier alpha value is -2.41. The molecule has 19 heavy (non-hydrogen) atoms. The van der Waals surface area contributed by atoms with Gasteiger partial charge in [0.1, 0.15) is 6.33 Å². The van der Waals surface area contributed by atoms with Gasteiger partial charge in [0.15, 0.2) is 5.82 Å². The number of hydrogen-bond donors (Lipinski definition) is 3. The van der Waals surface area contributed by atoms with E-state index in [-0.39, 0.29) is 5.91 Å². The van der Waals surface area contributed by atoms with Crippen LogP contribution in [-0.2, 0) is 13.5 Å². The topological polar surface area (TPSA) is 97.9 Å². The number of amides is 1. The molecule has 1 aromatic heterocycles. The van der Waals surface area contributed by atoms with Crippen molar-refractivity contribution in [2.45, 2.75) is 6.42 Å². The standard InChI is InChI=1S/C12H16N6O/c1-18-8-15-11(17-18)6-7-14-12(19)9-4-2-3-5-10(9)16-13/h2-5,8,16H,6-7,13H2,1H3,(H,14,19). The average molecular weight is 260 g/mol. The number of hydrazine groups is 1. The van der Waals surface area contributed by atoms with Crippen molar-refractivity contribution in [2.24, 2.45) is 12.9 Å². The minimum atomic E-state index is -0.176. The molecule has 0 aliphatic rings. The molecular formula is C12H16N6O. The van der Waals surface area contributed by atoms with Crippen molar-refractivity contribution < 1.29 is 4.79 Å². The Balaban J connectivity index is 1.90. The van der Waals surface area contributed by atoms with Crippen molar-refractivity contribution in [3.05, 3.63) is 42.0 Å². The fraction of sp³-hybridized carbons (Fsp3) is 0.250. The third-order valence-electron chi connectivity index (χ3n) is 2.61. The van der Waals surface area contributed by atoms with Gasteiger partial charge in [-0.3, -0.25) is 15.3 Å². The number of para-hydroxylation sites is 1. The zero-order chi connectivity index (χ0) is 13.7.